The summed E-state index contributed by atoms with van der Waals surface area (Å²) in [6, 6.07) is 0. The zero-order chi connectivity index (χ0) is 20.4. The first-order valence-corrected chi connectivity index (χ1v) is 12.7. The number of nitrogens with one attached hydrogen (secondary N) is 2. The SMILES string of the molecule is BrBr.CC(=O)Nc1ncc(SC#N)s1.CC(=O)Nc1nccs1.N#C[S-].[K+]. The average Bonchev–Trinajstić information content (AvgIpc) is 3.22. The Hall–Kier alpha value is 0.346. The maximum atomic E-state index is 10.6. The van der Waals surface area contributed by atoms with E-state index < -0.39 is 0 Å². The molecule has 15 heteroatoms. The molecule has 2 heterocycles. The number of thiazole rings is 2. The number of nitriles is 2. The van der Waals surface area contributed by atoms with Crippen LogP contribution in [0.15, 0.2) is 22.0 Å². The molecule has 2 amide bonds. The molecule has 0 unspecified atom stereocenters. The number of rotatable bonds is 3. The smallest absolute Gasteiger partial charge is 0.696 e. The molecule has 2 aromatic heterocycles. The summed E-state index contributed by atoms with van der Waals surface area (Å²) in [5, 5.41) is 26.8. The van der Waals surface area contributed by atoms with Gasteiger partial charge < -0.3 is 23.3 Å². The van der Waals surface area contributed by atoms with Crippen LogP contribution in [0.25, 0.3) is 0 Å². The van der Waals surface area contributed by atoms with E-state index in [9.17, 15) is 9.59 Å². The zero-order valence-corrected chi connectivity index (χ0v) is 23.8. The minimum Gasteiger partial charge on any atom is -0.696 e. The van der Waals surface area contributed by atoms with Gasteiger partial charge in [-0.25, -0.2) is 15.2 Å². The summed E-state index contributed by atoms with van der Waals surface area (Å²) in [6.45, 7) is 2.87. The second-order valence-corrected chi connectivity index (χ2v) is 6.66. The van der Waals surface area contributed by atoms with Crippen LogP contribution >= 0.6 is 62.7 Å². The minimum absolute atomic E-state index is 0. The van der Waals surface area contributed by atoms with Crippen LogP contribution < -0.4 is 62.0 Å². The van der Waals surface area contributed by atoms with Gasteiger partial charge in [0.2, 0.25) is 11.8 Å². The number of amides is 2. The van der Waals surface area contributed by atoms with Crippen molar-refractivity contribution in [2.75, 3.05) is 10.6 Å². The molecule has 27 heavy (non-hydrogen) atoms. The summed E-state index contributed by atoms with van der Waals surface area (Å²) in [6.07, 6.45) is 3.21. The van der Waals surface area contributed by atoms with Crippen LogP contribution in [0.4, 0.5) is 10.3 Å². The van der Waals surface area contributed by atoms with Crippen LogP contribution in [-0.4, -0.2) is 21.8 Å². The number of thioether (sulfide) groups is 1. The third-order valence-electron chi connectivity index (χ3n) is 1.63. The van der Waals surface area contributed by atoms with E-state index in [1.165, 1.54) is 41.9 Å². The van der Waals surface area contributed by atoms with Crippen LogP contribution in [0.1, 0.15) is 13.8 Å². The Kier molecular flexibility index (Phi) is 26.8. The van der Waals surface area contributed by atoms with Crippen molar-refractivity contribution in [2.45, 2.75) is 18.1 Å². The number of carbonyl (C=O) groups is 2. The molecular weight excluding hydrogens is 587 g/mol. The fraction of sp³-hybridized carbons (Fsp3) is 0.167. The molecule has 0 atom stereocenters. The standard InChI is InChI=1S/C6H5N3OS2.C5H6N2OS.CHNS.Br2.K/c1-4(10)9-6-8-2-5(12-6)11-3-7;1-4(8)7-5-6-2-3-9-5;2-1-3;1-2;/h2H,1H3,(H,8,9,10);2-3H,1H3,(H,6,7,8);3H;;/q;;;;+1/p-1. The summed E-state index contributed by atoms with van der Waals surface area (Å²) in [4.78, 5) is 28.7. The summed E-state index contributed by atoms with van der Waals surface area (Å²) in [7, 11) is 0. The van der Waals surface area contributed by atoms with E-state index in [2.05, 4.69) is 61.5 Å². The predicted molar refractivity (Wildman–Crippen MR) is 115 cm³/mol. The van der Waals surface area contributed by atoms with Crippen LogP contribution in [0.2, 0.25) is 0 Å². The van der Waals surface area contributed by atoms with Gasteiger partial charge in [-0.05, 0) is 0 Å². The molecular formula is C12H11Br2KN6O2S4. The minimum atomic E-state index is -0.155. The zero-order valence-electron chi connectivity index (χ0n) is 14.2. The molecule has 140 valence electrons. The second kappa shape index (κ2) is 22.6. The van der Waals surface area contributed by atoms with E-state index in [0.717, 1.165) is 16.0 Å². The Morgan fingerprint density at radius 1 is 1.19 bits per heavy atom. The van der Waals surface area contributed by atoms with Crippen molar-refractivity contribution in [1.82, 2.24) is 9.97 Å². The third-order valence-corrected chi connectivity index (χ3v) is 3.92. The van der Waals surface area contributed by atoms with Crippen LogP contribution in [0.5, 0.6) is 0 Å². The third kappa shape index (κ3) is 20.9. The van der Waals surface area contributed by atoms with Gasteiger partial charge in [0.15, 0.2) is 10.3 Å². The predicted octanol–water partition coefficient (Wildman–Crippen LogP) is 1.49. The van der Waals surface area contributed by atoms with Gasteiger partial charge in [0.25, 0.3) is 0 Å². The molecule has 2 aromatic rings. The monoisotopic (exact) mass is 596 g/mol. The van der Waals surface area contributed by atoms with E-state index in [-0.39, 0.29) is 63.2 Å². The van der Waals surface area contributed by atoms with E-state index in [0.29, 0.717) is 10.3 Å². The topological polar surface area (TPSA) is 132 Å². The molecule has 0 fully saturated rings. The Morgan fingerprint density at radius 2 is 1.70 bits per heavy atom. The van der Waals surface area contributed by atoms with Crippen LogP contribution in [0, 0.1) is 21.3 Å². The van der Waals surface area contributed by atoms with Gasteiger partial charge in [-0.15, -0.1) is 11.3 Å². The molecule has 0 aliphatic rings. The van der Waals surface area contributed by atoms with Gasteiger partial charge in [0, 0.05) is 65.4 Å². The van der Waals surface area contributed by atoms with Crippen molar-refractivity contribution in [3.63, 3.8) is 0 Å². The van der Waals surface area contributed by atoms with Gasteiger partial charge in [0.1, 0.15) is 5.40 Å². The average molecular weight is 598 g/mol. The Labute approximate surface area is 232 Å². The summed E-state index contributed by atoms with van der Waals surface area (Å²) in [5.74, 6) is -0.234. The molecule has 2 rings (SSSR count). The Balaban J connectivity index is -0.000000342. The van der Waals surface area contributed by atoms with Crippen LogP contribution in [-0.2, 0) is 22.2 Å². The molecule has 0 aliphatic carbocycles. The largest absolute Gasteiger partial charge is 1.00 e. The van der Waals surface area contributed by atoms with E-state index in [1.54, 1.807) is 12.4 Å². The van der Waals surface area contributed by atoms with Gasteiger partial charge in [-0.2, -0.15) is 5.26 Å². The number of hydrogen-bond acceptors (Lipinski definition) is 10. The maximum Gasteiger partial charge on any atom is 1.00 e. The van der Waals surface area contributed by atoms with Crippen molar-refractivity contribution in [1.29, 1.82) is 10.5 Å². The molecule has 2 N–H and O–H groups in total. The fourth-order valence-electron chi connectivity index (χ4n) is 0.996. The molecule has 0 saturated heterocycles. The first-order valence-electron chi connectivity index (χ1n) is 6.04. The number of hydrogen-bond donors (Lipinski definition) is 2. The first-order chi connectivity index (χ1) is 12.4. The van der Waals surface area contributed by atoms with Gasteiger partial charge in [-0.3, -0.25) is 9.59 Å². The van der Waals surface area contributed by atoms with Crippen LogP contribution in [0.3, 0.4) is 0 Å². The molecule has 0 saturated carbocycles. The Bertz CT molecular complexity index is 733. The molecule has 8 nitrogen and oxygen atoms in total. The fourth-order valence-corrected chi connectivity index (χ4v) is 2.88. The van der Waals surface area contributed by atoms with Crippen molar-refractivity contribution in [2.24, 2.45) is 0 Å². The molecule has 0 radical (unpaired) electrons. The van der Waals surface area contributed by atoms with Crippen molar-refractivity contribution < 1.29 is 61.0 Å². The number of thiocyanates is 2. The molecule has 0 aliphatic heterocycles. The normalized spacial score (nSPS) is 7.48. The summed E-state index contributed by atoms with van der Waals surface area (Å²) >= 11 is 12.9. The van der Waals surface area contributed by atoms with E-state index in [1.807, 2.05) is 10.8 Å². The second-order valence-electron chi connectivity index (χ2n) is 3.47. The number of nitrogens with zero attached hydrogens (tertiary/aromatic N) is 4. The Morgan fingerprint density at radius 3 is 2.11 bits per heavy atom. The molecule has 0 spiro atoms. The first kappa shape index (κ1) is 32.0. The van der Waals surface area contributed by atoms with Gasteiger partial charge in [0.05, 0.1) is 10.4 Å². The molecule has 0 bridgehead atoms. The van der Waals surface area contributed by atoms with Crippen molar-refractivity contribution >= 4 is 97.4 Å². The van der Waals surface area contributed by atoms with Crippen molar-refractivity contribution in [3.05, 3.63) is 17.8 Å². The maximum absolute atomic E-state index is 10.6. The van der Waals surface area contributed by atoms with Crippen molar-refractivity contribution in [3.8, 4) is 10.8 Å². The summed E-state index contributed by atoms with van der Waals surface area (Å²) in [5.41, 5.74) is 0. The summed E-state index contributed by atoms with van der Waals surface area (Å²) < 4.78 is 0.779. The number of carbonyl (C=O) groups excluding carboxylic acids is 2. The quantitative estimate of drug-likeness (QED) is 0.235. The number of anilines is 2. The molecule has 0 aromatic carbocycles. The van der Waals surface area contributed by atoms with Gasteiger partial charge in [-0.1, -0.05) is 16.7 Å². The van der Waals surface area contributed by atoms with E-state index >= 15 is 0 Å². The van der Waals surface area contributed by atoms with E-state index in [4.69, 9.17) is 10.5 Å². The van der Waals surface area contributed by atoms with Gasteiger partial charge >= 0.3 is 51.4 Å². The number of halogens is 2. The number of aromatic nitrogens is 2.